The lowest BCUT2D eigenvalue weighted by Crippen LogP contribution is -2.58. The van der Waals surface area contributed by atoms with E-state index in [1.807, 2.05) is 0 Å². The Hall–Kier alpha value is -0.240. The SMILES string of the molecule is OC[C@H]1O[C@@H](O)[C@@H](O)[C@@H](O)[C@@H]1O.[H+]. The van der Waals surface area contributed by atoms with Crippen molar-refractivity contribution in [2.75, 3.05) is 6.61 Å². The van der Waals surface area contributed by atoms with Gasteiger partial charge in [-0.25, -0.2) is 0 Å². The predicted octanol–water partition coefficient (Wildman–Crippen LogP) is -3.11. The molecule has 1 saturated heterocycles. The van der Waals surface area contributed by atoms with Crippen LogP contribution in [-0.2, 0) is 4.74 Å². The van der Waals surface area contributed by atoms with Crippen LogP contribution in [0, 0.1) is 0 Å². The van der Waals surface area contributed by atoms with Crippen LogP contribution in [0.15, 0.2) is 0 Å². The average molecular weight is 181 g/mol. The van der Waals surface area contributed by atoms with E-state index >= 15 is 0 Å². The molecule has 0 radical (unpaired) electrons. The molecule has 5 atom stereocenters. The van der Waals surface area contributed by atoms with Crippen molar-refractivity contribution in [2.24, 2.45) is 0 Å². The smallest absolute Gasteiger partial charge is 0.394 e. The molecule has 0 unspecified atom stereocenters. The zero-order chi connectivity index (χ0) is 9.30. The fourth-order valence-electron chi connectivity index (χ4n) is 1.08. The van der Waals surface area contributed by atoms with Crippen LogP contribution in [0.3, 0.4) is 0 Å². The average Bonchev–Trinajstić information content (AvgIpc) is 2.08. The van der Waals surface area contributed by atoms with Crippen molar-refractivity contribution < 1.29 is 31.7 Å². The minimum atomic E-state index is -1.57. The summed E-state index contributed by atoms with van der Waals surface area (Å²) in [6, 6.07) is 0. The van der Waals surface area contributed by atoms with Crippen molar-refractivity contribution in [3.8, 4) is 0 Å². The van der Waals surface area contributed by atoms with E-state index in [4.69, 9.17) is 25.5 Å². The molecular weight excluding hydrogens is 168 g/mol. The van der Waals surface area contributed by atoms with E-state index in [2.05, 4.69) is 4.74 Å². The Morgan fingerprint density at radius 3 is 2.08 bits per heavy atom. The number of hydrogen-bond donors (Lipinski definition) is 5. The van der Waals surface area contributed by atoms with Crippen molar-refractivity contribution in [1.29, 1.82) is 0 Å². The molecule has 1 fully saturated rings. The van der Waals surface area contributed by atoms with Crippen molar-refractivity contribution in [3.63, 3.8) is 0 Å². The Balaban J connectivity index is 0.00000144. The van der Waals surface area contributed by atoms with Crippen LogP contribution in [0.25, 0.3) is 0 Å². The van der Waals surface area contributed by atoms with Gasteiger partial charge in [0, 0.05) is 0 Å². The molecule has 12 heavy (non-hydrogen) atoms. The standard InChI is InChI=1S/C6H12O6/c7-1-2-3(8)4(9)5(10)6(11)12-2/h2-11H,1H2/p+1/t2-,3-,4+,5+,6-/m1/s1. The van der Waals surface area contributed by atoms with Gasteiger partial charge < -0.3 is 30.3 Å². The quantitative estimate of drug-likeness (QED) is 0.293. The van der Waals surface area contributed by atoms with Gasteiger partial charge in [0.1, 0.15) is 24.4 Å². The number of rotatable bonds is 1. The largest absolute Gasteiger partial charge is 1.00 e. The van der Waals surface area contributed by atoms with E-state index in [-0.39, 0.29) is 1.43 Å². The third kappa shape index (κ3) is 1.58. The van der Waals surface area contributed by atoms with Gasteiger partial charge in [0.15, 0.2) is 6.29 Å². The summed E-state index contributed by atoms with van der Waals surface area (Å²) >= 11 is 0. The minimum absolute atomic E-state index is 0. The molecular formula is C6H13O6+. The summed E-state index contributed by atoms with van der Waals surface area (Å²) in [5.74, 6) is 0. The highest BCUT2D eigenvalue weighted by molar-refractivity contribution is 4.87. The molecule has 0 amide bonds. The van der Waals surface area contributed by atoms with Gasteiger partial charge in [0.2, 0.25) is 0 Å². The lowest BCUT2D eigenvalue weighted by atomic mass is 10.00. The maximum atomic E-state index is 9.12. The van der Waals surface area contributed by atoms with Gasteiger partial charge in [-0.15, -0.1) is 0 Å². The molecule has 1 aliphatic heterocycles. The molecule has 0 aromatic carbocycles. The Morgan fingerprint density at radius 1 is 1.00 bits per heavy atom. The van der Waals surface area contributed by atoms with E-state index < -0.39 is 37.3 Å². The molecule has 5 N–H and O–H groups in total. The topological polar surface area (TPSA) is 110 Å². The maximum Gasteiger partial charge on any atom is 1.00 e. The van der Waals surface area contributed by atoms with Gasteiger partial charge in [-0.05, 0) is 0 Å². The minimum Gasteiger partial charge on any atom is -0.394 e. The Bertz CT molecular complexity index is 151. The van der Waals surface area contributed by atoms with Crippen LogP contribution in [0.1, 0.15) is 1.43 Å². The summed E-state index contributed by atoms with van der Waals surface area (Å²) < 4.78 is 4.58. The van der Waals surface area contributed by atoms with Crippen LogP contribution < -0.4 is 0 Å². The molecule has 6 nitrogen and oxygen atoms in total. The molecule has 0 bridgehead atoms. The Labute approximate surface area is 70.1 Å². The van der Waals surface area contributed by atoms with Crippen LogP contribution in [0.2, 0.25) is 0 Å². The first-order valence-electron chi connectivity index (χ1n) is 3.56. The highest BCUT2D eigenvalue weighted by Crippen LogP contribution is 2.18. The predicted molar refractivity (Wildman–Crippen MR) is 37.1 cm³/mol. The van der Waals surface area contributed by atoms with Gasteiger partial charge in [0.05, 0.1) is 6.61 Å². The summed E-state index contributed by atoms with van der Waals surface area (Å²) in [5.41, 5.74) is 0. The molecule has 72 valence electrons. The first-order valence-corrected chi connectivity index (χ1v) is 3.56. The van der Waals surface area contributed by atoms with Gasteiger partial charge in [-0.3, -0.25) is 0 Å². The van der Waals surface area contributed by atoms with Crippen LogP contribution >= 0.6 is 0 Å². The van der Waals surface area contributed by atoms with E-state index in [0.29, 0.717) is 0 Å². The second-order valence-corrected chi connectivity index (χ2v) is 2.72. The first-order chi connectivity index (χ1) is 5.57. The Kier molecular flexibility index (Phi) is 2.99. The molecule has 1 heterocycles. The monoisotopic (exact) mass is 181 g/mol. The molecule has 6 heteroatoms. The number of hydrogen-bond acceptors (Lipinski definition) is 6. The second kappa shape index (κ2) is 3.65. The molecule has 0 aliphatic carbocycles. The van der Waals surface area contributed by atoms with E-state index in [1.54, 1.807) is 0 Å². The van der Waals surface area contributed by atoms with E-state index in [9.17, 15) is 0 Å². The first kappa shape index (κ1) is 9.85. The van der Waals surface area contributed by atoms with Crippen molar-refractivity contribution >= 4 is 0 Å². The van der Waals surface area contributed by atoms with Crippen molar-refractivity contribution in [2.45, 2.75) is 30.7 Å². The van der Waals surface area contributed by atoms with Crippen LogP contribution in [0.5, 0.6) is 0 Å². The lowest BCUT2D eigenvalue weighted by Gasteiger charge is -2.37. The number of aliphatic hydroxyl groups excluding tert-OH is 5. The highest BCUT2D eigenvalue weighted by Gasteiger charge is 2.42. The zero-order valence-electron chi connectivity index (χ0n) is 7.24. The fourth-order valence-corrected chi connectivity index (χ4v) is 1.08. The summed E-state index contributed by atoms with van der Waals surface area (Å²) in [6.07, 6.45) is -7.04. The van der Waals surface area contributed by atoms with Crippen LogP contribution in [-0.4, -0.2) is 62.8 Å². The summed E-state index contributed by atoms with van der Waals surface area (Å²) in [5, 5.41) is 44.7. The van der Waals surface area contributed by atoms with Gasteiger partial charge >= 0.3 is 1.43 Å². The summed E-state index contributed by atoms with van der Waals surface area (Å²) in [6.45, 7) is -0.526. The normalized spacial score (nSPS) is 49.2. The highest BCUT2D eigenvalue weighted by atomic mass is 16.6. The number of ether oxygens (including phenoxy) is 1. The second-order valence-electron chi connectivity index (χ2n) is 2.72. The molecule has 0 aromatic rings. The molecule has 1 aliphatic rings. The maximum absolute atomic E-state index is 9.12. The van der Waals surface area contributed by atoms with Gasteiger partial charge in [-0.1, -0.05) is 0 Å². The molecule has 1 rings (SSSR count). The van der Waals surface area contributed by atoms with Crippen molar-refractivity contribution in [1.82, 2.24) is 0 Å². The fraction of sp³-hybridized carbons (Fsp3) is 1.00. The van der Waals surface area contributed by atoms with Gasteiger partial charge in [-0.2, -0.15) is 0 Å². The summed E-state index contributed by atoms with van der Waals surface area (Å²) in [7, 11) is 0. The van der Waals surface area contributed by atoms with E-state index in [1.165, 1.54) is 0 Å². The number of aliphatic hydroxyl groups is 5. The molecule has 0 aromatic heterocycles. The van der Waals surface area contributed by atoms with Crippen molar-refractivity contribution in [3.05, 3.63) is 0 Å². The summed E-state index contributed by atoms with van der Waals surface area (Å²) in [4.78, 5) is 0. The molecule has 0 saturated carbocycles. The Morgan fingerprint density at radius 2 is 1.58 bits per heavy atom. The van der Waals surface area contributed by atoms with Gasteiger partial charge in [0.25, 0.3) is 0 Å². The van der Waals surface area contributed by atoms with Crippen LogP contribution in [0.4, 0.5) is 0 Å². The van der Waals surface area contributed by atoms with E-state index in [0.717, 1.165) is 0 Å². The molecule has 0 spiro atoms. The third-order valence-corrected chi connectivity index (χ3v) is 1.87. The third-order valence-electron chi connectivity index (χ3n) is 1.87. The lowest BCUT2D eigenvalue weighted by molar-refractivity contribution is -0.286. The zero-order valence-corrected chi connectivity index (χ0v) is 6.24.